The van der Waals surface area contributed by atoms with Gasteiger partial charge in [0.2, 0.25) is 0 Å². The third-order valence-electron chi connectivity index (χ3n) is 3.65. The summed E-state index contributed by atoms with van der Waals surface area (Å²) in [7, 11) is 0. The lowest BCUT2D eigenvalue weighted by Gasteiger charge is -2.22. The molecule has 2 aromatic rings. The molecule has 4 heteroatoms. The van der Waals surface area contributed by atoms with Crippen molar-refractivity contribution in [3.63, 3.8) is 0 Å². The summed E-state index contributed by atoms with van der Waals surface area (Å²) >= 11 is 0. The van der Waals surface area contributed by atoms with Crippen LogP contribution in [0.5, 0.6) is 0 Å². The van der Waals surface area contributed by atoms with Crippen LogP contribution in [0, 0.1) is 5.92 Å². The van der Waals surface area contributed by atoms with Gasteiger partial charge in [0, 0.05) is 24.0 Å². The first-order chi connectivity index (χ1) is 9.28. The predicted octanol–water partition coefficient (Wildman–Crippen LogP) is 2.83. The third-order valence-corrected chi connectivity index (χ3v) is 3.65. The molecule has 1 heterocycles. The second-order valence-corrected chi connectivity index (χ2v) is 5.37. The SMILES string of the molecule is CCCN(CC1CC1)C(=O)c1ccc2cn[nH]c2c1. The van der Waals surface area contributed by atoms with E-state index in [2.05, 4.69) is 17.1 Å². The Morgan fingerprint density at radius 3 is 3.05 bits per heavy atom. The number of rotatable bonds is 5. The summed E-state index contributed by atoms with van der Waals surface area (Å²) in [5.74, 6) is 0.872. The van der Waals surface area contributed by atoms with Gasteiger partial charge < -0.3 is 4.90 Å². The van der Waals surface area contributed by atoms with E-state index in [1.807, 2.05) is 23.1 Å². The van der Waals surface area contributed by atoms with Gasteiger partial charge in [-0.25, -0.2) is 0 Å². The number of fused-ring (bicyclic) bond motifs is 1. The van der Waals surface area contributed by atoms with E-state index in [0.29, 0.717) is 0 Å². The first kappa shape index (κ1) is 12.2. The van der Waals surface area contributed by atoms with E-state index < -0.39 is 0 Å². The highest BCUT2D eigenvalue weighted by atomic mass is 16.2. The smallest absolute Gasteiger partial charge is 0.253 e. The van der Waals surface area contributed by atoms with Crippen LogP contribution in [-0.4, -0.2) is 34.1 Å². The Morgan fingerprint density at radius 1 is 1.47 bits per heavy atom. The molecule has 0 radical (unpaired) electrons. The zero-order chi connectivity index (χ0) is 13.2. The van der Waals surface area contributed by atoms with Crippen LogP contribution in [-0.2, 0) is 0 Å². The van der Waals surface area contributed by atoms with Crippen molar-refractivity contribution in [1.82, 2.24) is 15.1 Å². The first-order valence-corrected chi connectivity index (χ1v) is 7.00. The zero-order valence-electron chi connectivity index (χ0n) is 11.2. The molecule has 0 atom stereocenters. The van der Waals surface area contributed by atoms with Crippen molar-refractivity contribution in [3.05, 3.63) is 30.0 Å². The van der Waals surface area contributed by atoms with Gasteiger partial charge >= 0.3 is 0 Å². The van der Waals surface area contributed by atoms with Crippen LogP contribution in [0.1, 0.15) is 36.5 Å². The average molecular weight is 257 g/mol. The minimum atomic E-state index is 0.144. The molecule has 0 bridgehead atoms. The van der Waals surface area contributed by atoms with E-state index in [1.54, 1.807) is 6.20 Å². The number of carbonyl (C=O) groups excluding carboxylic acids is 1. The van der Waals surface area contributed by atoms with Gasteiger partial charge in [-0.2, -0.15) is 5.10 Å². The van der Waals surface area contributed by atoms with Crippen molar-refractivity contribution >= 4 is 16.8 Å². The quantitative estimate of drug-likeness (QED) is 0.895. The molecule has 0 saturated heterocycles. The molecule has 1 aromatic carbocycles. The molecule has 3 rings (SSSR count). The van der Waals surface area contributed by atoms with Crippen LogP contribution in [0.4, 0.5) is 0 Å². The van der Waals surface area contributed by atoms with Gasteiger partial charge in [-0.15, -0.1) is 0 Å². The molecule has 1 N–H and O–H groups in total. The second-order valence-electron chi connectivity index (χ2n) is 5.37. The average Bonchev–Trinajstić information content (AvgIpc) is 3.11. The van der Waals surface area contributed by atoms with Crippen molar-refractivity contribution in [2.45, 2.75) is 26.2 Å². The summed E-state index contributed by atoms with van der Waals surface area (Å²) in [6.07, 6.45) is 5.32. The number of H-pyrrole nitrogens is 1. The van der Waals surface area contributed by atoms with Crippen LogP contribution in [0.3, 0.4) is 0 Å². The molecule has 1 amide bonds. The van der Waals surface area contributed by atoms with E-state index in [1.165, 1.54) is 12.8 Å². The molecule has 0 unspecified atom stereocenters. The minimum absolute atomic E-state index is 0.144. The van der Waals surface area contributed by atoms with Gasteiger partial charge in [-0.3, -0.25) is 9.89 Å². The number of amides is 1. The fraction of sp³-hybridized carbons (Fsp3) is 0.467. The first-order valence-electron chi connectivity index (χ1n) is 7.00. The number of hydrogen-bond acceptors (Lipinski definition) is 2. The maximum Gasteiger partial charge on any atom is 0.253 e. The molecular formula is C15H19N3O. The van der Waals surface area contributed by atoms with Crippen molar-refractivity contribution in [2.24, 2.45) is 5.92 Å². The van der Waals surface area contributed by atoms with Gasteiger partial charge in [0.15, 0.2) is 0 Å². The van der Waals surface area contributed by atoms with E-state index in [0.717, 1.165) is 41.9 Å². The highest BCUT2D eigenvalue weighted by molar-refractivity contribution is 5.97. The summed E-state index contributed by atoms with van der Waals surface area (Å²) in [4.78, 5) is 14.6. The molecule has 100 valence electrons. The van der Waals surface area contributed by atoms with Crippen molar-refractivity contribution in [3.8, 4) is 0 Å². The molecular weight excluding hydrogens is 238 g/mol. The Bertz CT molecular complexity index is 586. The number of hydrogen-bond donors (Lipinski definition) is 1. The number of aromatic amines is 1. The molecule has 1 fully saturated rings. The molecule has 1 aliphatic rings. The Balaban J connectivity index is 1.82. The maximum atomic E-state index is 12.6. The Hall–Kier alpha value is -1.84. The highest BCUT2D eigenvalue weighted by Crippen LogP contribution is 2.30. The van der Waals surface area contributed by atoms with Crippen molar-refractivity contribution < 1.29 is 4.79 Å². The summed E-state index contributed by atoms with van der Waals surface area (Å²) in [6, 6.07) is 5.75. The zero-order valence-corrected chi connectivity index (χ0v) is 11.2. The lowest BCUT2D eigenvalue weighted by molar-refractivity contribution is 0.0748. The second kappa shape index (κ2) is 5.03. The normalized spacial score (nSPS) is 14.8. The van der Waals surface area contributed by atoms with E-state index in [4.69, 9.17) is 0 Å². The predicted molar refractivity (Wildman–Crippen MR) is 75.0 cm³/mol. The minimum Gasteiger partial charge on any atom is -0.338 e. The standard InChI is InChI=1S/C15H19N3O/c1-2-7-18(10-11-3-4-11)15(19)12-5-6-13-9-16-17-14(13)8-12/h5-6,8-9,11H,2-4,7,10H2,1H3,(H,16,17). The highest BCUT2D eigenvalue weighted by Gasteiger charge is 2.26. The lowest BCUT2D eigenvalue weighted by atomic mass is 10.1. The number of nitrogens with one attached hydrogen (secondary N) is 1. The molecule has 19 heavy (non-hydrogen) atoms. The molecule has 1 aliphatic carbocycles. The third kappa shape index (κ3) is 2.62. The van der Waals surface area contributed by atoms with Crippen molar-refractivity contribution in [2.75, 3.05) is 13.1 Å². The number of nitrogens with zero attached hydrogens (tertiary/aromatic N) is 2. The monoisotopic (exact) mass is 257 g/mol. The van der Waals surface area contributed by atoms with E-state index in [9.17, 15) is 4.79 Å². The fourth-order valence-electron chi connectivity index (χ4n) is 2.41. The topological polar surface area (TPSA) is 49.0 Å². The van der Waals surface area contributed by atoms with Crippen LogP contribution < -0.4 is 0 Å². The molecule has 1 saturated carbocycles. The van der Waals surface area contributed by atoms with Gasteiger partial charge in [-0.05, 0) is 37.3 Å². The Labute approximate surface area is 112 Å². The van der Waals surface area contributed by atoms with Gasteiger partial charge in [-0.1, -0.05) is 13.0 Å². The van der Waals surface area contributed by atoms with Crippen LogP contribution in [0.2, 0.25) is 0 Å². The summed E-state index contributed by atoms with van der Waals surface area (Å²) in [5.41, 5.74) is 1.68. The van der Waals surface area contributed by atoms with E-state index >= 15 is 0 Å². The maximum absolute atomic E-state index is 12.6. The largest absolute Gasteiger partial charge is 0.338 e. The van der Waals surface area contributed by atoms with Crippen molar-refractivity contribution in [1.29, 1.82) is 0 Å². The number of aromatic nitrogens is 2. The van der Waals surface area contributed by atoms with Gasteiger partial charge in [0.1, 0.15) is 0 Å². The Kier molecular flexibility index (Phi) is 3.23. The Morgan fingerprint density at radius 2 is 2.32 bits per heavy atom. The van der Waals surface area contributed by atoms with Crippen LogP contribution in [0.15, 0.2) is 24.4 Å². The number of benzene rings is 1. The summed E-state index contributed by atoms with van der Waals surface area (Å²) in [5, 5.41) is 7.95. The molecule has 0 spiro atoms. The van der Waals surface area contributed by atoms with E-state index in [-0.39, 0.29) is 5.91 Å². The molecule has 1 aromatic heterocycles. The van der Waals surface area contributed by atoms with Gasteiger partial charge in [0.05, 0.1) is 11.7 Å². The number of carbonyl (C=O) groups is 1. The summed E-state index contributed by atoms with van der Waals surface area (Å²) in [6.45, 7) is 3.87. The van der Waals surface area contributed by atoms with Crippen LogP contribution in [0.25, 0.3) is 10.9 Å². The molecule has 0 aliphatic heterocycles. The fourth-order valence-corrected chi connectivity index (χ4v) is 2.41. The lowest BCUT2D eigenvalue weighted by Crippen LogP contribution is -2.33. The molecule has 4 nitrogen and oxygen atoms in total. The van der Waals surface area contributed by atoms with Crippen LogP contribution >= 0.6 is 0 Å². The summed E-state index contributed by atoms with van der Waals surface area (Å²) < 4.78 is 0. The van der Waals surface area contributed by atoms with Gasteiger partial charge in [0.25, 0.3) is 5.91 Å².